The van der Waals surface area contributed by atoms with Crippen molar-refractivity contribution in [2.75, 3.05) is 25.5 Å². The smallest absolute Gasteiger partial charge is 0.325 e. The monoisotopic (exact) mass is 373 g/mol. The first-order valence-corrected chi connectivity index (χ1v) is 8.99. The number of likely N-dealkylation sites (tertiary alicyclic amines) is 1. The van der Waals surface area contributed by atoms with Gasteiger partial charge in [-0.25, -0.2) is 0 Å². The molecular formula is C19H23N3O5. The van der Waals surface area contributed by atoms with Gasteiger partial charge in [0.2, 0.25) is 17.7 Å². The largest absolute Gasteiger partial charge is 0.468 e. The number of carbonyl (C=O) groups is 4. The summed E-state index contributed by atoms with van der Waals surface area (Å²) in [6.45, 7) is 0.329. The molecule has 1 unspecified atom stereocenters. The number of nitrogens with zero attached hydrogens (tertiary/aromatic N) is 1. The van der Waals surface area contributed by atoms with Gasteiger partial charge in [-0.2, -0.15) is 0 Å². The highest BCUT2D eigenvalue weighted by Gasteiger charge is 2.41. The molecule has 8 nitrogen and oxygen atoms in total. The van der Waals surface area contributed by atoms with E-state index in [0.29, 0.717) is 18.3 Å². The average Bonchev–Trinajstić information content (AvgIpc) is 3.42. The van der Waals surface area contributed by atoms with E-state index in [1.807, 2.05) is 4.90 Å². The number of amides is 3. The Bertz CT molecular complexity index is 742. The van der Waals surface area contributed by atoms with E-state index in [1.54, 1.807) is 24.3 Å². The zero-order chi connectivity index (χ0) is 19.4. The second-order valence-electron chi connectivity index (χ2n) is 6.89. The van der Waals surface area contributed by atoms with Gasteiger partial charge < -0.3 is 20.3 Å². The molecule has 0 radical (unpaired) electrons. The highest BCUT2D eigenvalue weighted by molar-refractivity contribution is 5.97. The van der Waals surface area contributed by atoms with Crippen molar-refractivity contribution in [3.05, 3.63) is 29.8 Å². The molecule has 1 saturated carbocycles. The van der Waals surface area contributed by atoms with E-state index < -0.39 is 5.97 Å². The molecule has 1 saturated heterocycles. The first-order chi connectivity index (χ1) is 13.0. The highest BCUT2D eigenvalue weighted by Crippen LogP contribution is 2.32. The molecule has 0 aromatic heterocycles. The Labute approximate surface area is 157 Å². The predicted octanol–water partition coefficient (Wildman–Crippen LogP) is 0.468. The molecule has 1 aliphatic heterocycles. The molecule has 1 heterocycles. The predicted molar refractivity (Wildman–Crippen MR) is 96.6 cm³/mol. The van der Waals surface area contributed by atoms with E-state index in [4.69, 9.17) is 0 Å². The SMILES string of the molecule is COC(=O)CNC(=O)Cc1ccc(NC(=O)C2CC(=O)N(C3CC3)C2)cc1. The van der Waals surface area contributed by atoms with Gasteiger partial charge in [-0.1, -0.05) is 12.1 Å². The summed E-state index contributed by atoms with van der Waals surface area (Å²) in [5.74, 6) is -1.21. The van der Waals surface area contributed by atoms with E-state index >= 15 is 0 Å². The van der Waals surface area contributed by atoms with Crippen LogP contribution >= 0.6 is 0 Å². The van der Waals surface area contributed by atoms with Gasteiger partial charge in [0.15, 0.2) is 0 Å². The van der Waals surface area contributed by atoms with Gasteiger partial charge in [-0.15, -0.1) is 0 Å². The van der Waals surface area contributed by atoms with Gasteiger partial charge in [0, 0.05) is 24.7 Å². The van der Waals surface area contributed by atoms with E-state index in [0.717, 1.165) is 18.4 Å². The Morgan fingerprint density at radius 3 is 2.52 bits per heavy atom. The Morgan fingerprint density at radius 1 is 1.19 bits per heavy atom. The molecule has 27 heavy (non-hydrogen) atoms. The molecule has 8 heteroatoms. The summed E-state index contributed by atoms with van der Waals surface area (Å²) >= 11 is 0. The van der Waals surface area contributed by atoms with Crippen LogP contribution in [0.5, 0.6) is 0 Å². The molecule has 3 rings (SSSR count). The zero-order valence-electron chi connectivity index (χ0n) is 15.2. The molecule has 1 atom stereocenters. The van der Waals surface area contributed by atoms with Crippen molar-refractivity contribution in [2.24, 2.45) is 5.92 Å². The third-order valence-electron chi connectivity index (χ3n) is 4.76. The molecule has 0 bridgehead atoms. The highest BCUT2D eigenvalue weighted by atomic mass is 16.5. The lowest BCUT2D eigenvalue weighted by atomic mass is 10.1. The Hall–Kier alpha value is -2.90. The normalized spacial score (nSPS) is 18.9. The fraction of sp³-hybridized carbons (Fsp3) is 0.474. The summed E-state index contributed by atoms with van der Waals surface area (Å²) in [6.07, 6.45) is 2.46. The number of methoxy groups -OCH3 is 1. The molecule has 144 valence electrons. The van der Waals surface area contributed by atoms with Crippen LogP contribution in [0.3, 0.4) is 0 Å². The summed E-state index contributed by atoms with van der Waals surface area (Å²) in [6, 6.07) is 7.25. The van der Waals surface area contributed by atoms with Gasteiger partial charge in [0.1, 0.15) is 6.54 Å². The molecule has 1 aromatic carbocycles. The molecule has 2 aliphatic rings. The second kappa shape index (κ2) is 8.20. The number of hydrogen-bond acceptors (Lipinski definition) is 5. The lowest BCUT2D eigenvalue weighted by Gasteiger charge is -2.15. The Kier molecular flexibility index (Phi) is 5.73. The molecule has 1 aliphatic carbocycles. The Balaban J connectivity index is 1.47. The van der Waals surface area contributed by atoms with Gasteiger partial charge in [0.05, 0.1) is 19.4 Å². The summed E-state index contributed by atoms with van der Waals surface area (Å²) in [5.41, 5.74) is 1.38. The van der Waals surface area contributed by atoms with Gasteiger partial charge in [0.25, 0.3) is 0 Å². The van der Waals surface area contributed by atoms with E-state index in [9.17, 15) is 19.2 Å². The summed E-state index contributed by atoms with van der Waals surface area (Å²) in [5, 5.41) is 5.30. The third kappa shape index (κ3) is 5.06. The van der Waals surface area contributed by atoms with Crippen LogP contribution in [0.25, 0.3) is 0 Å². The minimum Gasteiger partial charge on any atom is -0.468 e. The summed E-state index contributed by atoms with van der Waals surface area (Å²) in [4.78, 5) is 48.9. The second-order valence-corrected chi connectivity index (χ2v) is 6.89. The quantitative estimate of drug-likeness (QED) is 0.676. The van der Waals surface area contributed by atoms with Crippen LogP contribution in [-0.4, -0.2) is 54.8 Å². The van der Waals surface area contributed by atoms with Crippen molar-refractivity contribution in [1.29, 1.82) is 0 Å². The molecule has 3 amide bonds. The van der Waals surface area contributed by atoms with Crippen molar-refractivity contribution >= 4 is 29.4 Å². The number of esters is 1. The van der Waals surface area contributed by atoms with Crippen LogP contribution in [0.15, 0.2) is 24.3 Å². The summed E-state index contributed by atoms with van der Waals surface area (Å²) < 4.78 is 4.46. The standard InChI is InChI=1S/C19H23N3O5/c1-27-18(25)10-20-16(23)8-12-2-4-14(5-3-12)21-19(26)13-9-17(24)22(11-13)15-6-7-15/h2-5,13,15H,6-11H2,1H3,(H,20,23)(H,21,26). The summed E-state index contributed by atoms with van der Waals surface area (Å²) in [7, 11) is 1.26. The van der Waals surface area contributed by atoms with Crippen molar-refractivity contribution < 1.29 is 23.9 Å². The van der Waals surface area contributed by atoms with Crippen molar-refractivity contribution in [1.82, 2.24) is 10.2 Å². The maximum Gasteiger partial charge on any atom is 0.325 e. The van der Waals surface area contributed by atoms with Crippen LogP contribution in [0.1, 0.15) is 24.8 Å². The minimum atomic E-state index is -0.507. The number of benzene rings is 1. The van der Waals surface area contributed by atoms with E-state index in [-0.39, 0.29) is 43.0 Å². The topological polar surface area (TPSA) is 105 Å². The number of anilines is 1. The van der Waals surface area contributed by atoms with Crippen LogP contribution < -0.4 is 10.6 Å². The number of rotatable bonds is 7. The first kappa shape index (κ1) is 18.9. The van der Waals surface area contributed by atoms with Crippen LogP contribution in [0.4, 0.5) is 5.69 Å². The van der Waals surface area contributed by atoms with E-state index in [1.165, 1.54) is 7.11 Å². The lowest BCUT2D eigenvalue weighted by Crippen LogP contribution is -2.31. The third-order valence-corrected chi connectivity index (χ3v) is 4.76. The lowest BCUT2D eigenvalue weighted by molar-refractivity contribution is -0.141. The first-order valence-electron chi connectivity index (χ1n) is 8.99. The number of carbonyl (C=O) groups excluding carboxylic acids is 4. The maximum atomic E-state index is 12.4. The van der Waals surface area contributed by atoms with Gasteiger partial charge >= 0.3 is 5.97 Å². The van der Waals surface area contributed by atoms with E-state index in [2.05, 4.69) is 15.4 Å². The van der Waals surface area contributed by atoms with Crippen molar-refractivity contribution in [3.63, 3.8) is 0 Å². The number of ether oxygens (including phenoxy) is 1. The minimum absolute atomic E-state index is 0.0611. The average molecular weight is 373 g/mol. The fourth-order valence-corrected chi connectivity index (χ4v) is 3.09. The fourth-order valence-electron chi connectivity index (χ4n) is 3.09. The molecular weight excluding hydrogens is 350 g/mol. The van der Waals surface area contributed by atoms with Crippen molar-refractivity contribution in [3.8, 4) is 0 Å². The molecule has 2 fully saturated rings. The number of nitrogens with one attached hydrogen (secondary N) is 2. The molecule has 2 N–H and O–H groups in total. The van der Waals surface area contributed by atoms with Crippen LogP contribution in [0.2, 0.25) is 0 Å². The Morgan fingerprint density at radius 2 is 1.89 bits per heavy atom. The van der Waals surface area contributed by atoms with Gasteiger partial charge in [-0.3, -0.25) is 19.2 Å². The number of hydrogen-bond donors (Lipinski definition) is 2. The zero-order valence-corrected chi connectivity index (χ0v) is 15.2. The van der Waals surface area contributed by atoms with Crippen molar-refractivity contribution in [2.45, 2.75) is 31.7 Å². The maximum absolute atomic E-state index is 12.4. The molecule has 1 aromatic rings. The molecule has 0 spiro atoms. The van der Waals surface area contributed by atoms with Crippen LogP contribution in [0, 0.1) is 5.92 Å². The van der Waals surface area contributed by atoms with Gasteiger partial charge in [-0.05, 0) is 30.5 Å². The van der Waals surface area contributed by atoms with Crippen LogP contribution in [-0.2, 0) is 30.3 Å².